The SMILES string of the molecule is CCCN(CCC)C(C)CC1CCCCN1. The van der Waals surface area contributed by atoms with Crippen LogP contribution in [0.2, 0.25) is 0 Å². The molecule has 2 atom stereocenters. The predicted octanol–water partition coefficient (Wildman–Crippen LogP) is 3.03. The van der Waals surface area contributed by atoms with Crippen LogP contribution in [0.25, 0.3) is 0 Å². The first kappa shape index (κ1) is 14.0. The molecule has 16 heavy (non-hydrogen) atoms. The fourth-order valence-corrected chi connectivity index (χ4v) is 2.81. The summed E-state index contributed by atoms with van der Waals surface area (Å²) in [7, 11) is 0. The topological polar surface area (TPSA) is 15.3 Å². The lowest BCUT2D eigenvalue weighted by atomic mass is 9.98. The van der Waals surface area contributed by atoms with Gasteiger partial charge in [-0.05, 0) is 58.7 Å². The molecule has 1 aliphatic heterocycles. The van der Waals surface area contributed by atoms with E-state index in [1.54, 1.807) is 0 Å². The van der Waals surface area contributed by atoms with Crippen LogP contribution in [0.3, 0.4) is 0 Å². The summed E-state index contributed by atoms with van der Waals surface area (Å²) in [6, 6.07) is 1.52. The zero-order chi connectivity index (χ0) is 11.8. The molecule has 0 aromatic heterocycles. The summed E-state index contributed by atoms with van der Waals surface area (Å²) >= 11 is 0. The van der Waals surface area contributed by atoms with Gasteiger partial charge in [-0.1, -0.05) is 20.3 Å². The van der Waals surface area contributed by atoms with Crippen molar-refractivity contribution in [1.82, 2.24) is 10.2 Å². The average Bonchev–Trinajstić information content (AvgIpc) is 2.30. The molecule has 1 aliphatic rings. The molecule has 0 saturated carbocycles. The number of piperidine rings is 1. The molecule has 96 valence electrons. The third-order valence-corrected chi connectivity index (χ3v) is 3.68. The molecule has 2 nitrogen and oxygen atoms in total. The first-order valence-electron chi connectivity index (χ1n) is 7.25. The van der Waals surface area contributed by atoms with Gasteiger partial charge in [0.05, 0.1) is 0 Å². The minimum Gasteiger partial charge on any atom is -0.314 e. The van der Waals surface area contributed by atoms with Crippen LogP contribution in [0.15, 0.2) is 0 Å². The molecule has 0 radical (unpaired) electrons. The summed E-state index contributed by atoms with van der Waals surface area (Å²) in [6.45, 7) is 10.7. The molecule has 1 rings (SSSR count). The largest absolute Gasteiger partial charge is 0.314 e. The Morgan fingerprint density at radius 1 is 1.19 bits per heavy atom. The lowest BCUT2D eigenvalue weighted by Crippen LogP contribution is -2.42. The number of nitrogens with zero attached hydrogens (tertiary/aromatic N) is 1. The van der Waals surface area contributed by atoms with E-state index in [1.165, 1.54) is 58.2 Å². The van der Waals surface area contributed by atoms with Crippen molar-refractivity contribution in [2.24, 2.45) is 0 Å². The molecule has 0 aliphatic carbocycles. The van der Waals surface area contributed by atoms with Crippen LogP contribution in [0.4, 0.5) is 0 Å². The summed E-state index contributed by atoms with van der Waals surface area (Å²) in [5.74, 6) is 0. The van der Waals surface area contributed by atoms with Crippen molar-refractivity contribution in [2.75, 3.05) is 19.6 Å². The highest BCUT2D eigenvalue weighted by molar-refractivity contribution is 4.78. The molecular formula is C14H30N2. The Bertz CT molecular complexity index is 158. The van der Waals surface area contributed by atoms with Crippen LogP contribution >= 0.6 is 0 Å². The molecule has 0 aromatic carbocycles. The van der Waals surface area contributed by atoms with Crippen LogP contribution < -0.4 is 5.32 Å². The van der Waals surface area contributed by atoms with Gasteiger partial charge in [0.1, 0.15) is 0 Å². The Morgan fingerprint density at radius 3 is 2.38 bits per heavy atom. The van der Waals surface area contributed by atoms with E-state index >= 15 is 0 Å². The Morgan fingerprint density at radius 2 is 1.88 bits per heavy atom. The third-order valence-electron chi connectivity index (χ3n) is 3.68. The monoisotopic (exact) mass is 226 g/mol. The Balaban J connectivity index is 2.31. The van der Waals surface area contributed by atoms with Crippen LogP contribution in [0.1, 0.15) is 59.3 Å². The van der Waals surface area contributed by atoms with E-state index in [0.29, 0.717) is 0 Å². The summed E-state index contributed by atoms with van der Waals surface area (Å²) < 4.78 is 0. The minimum atomic E-state index is 0.746. The summed E-state index contributed by atoms with van der Waals surface area (Å²) in [5, 5.41) is 3.66. The second kappa shape index (κ2) is 8.08. The van der Waals surface area contributed by atoms with Gasteiger partial charge < -0.3 is 10.2 Å². The van der Waals surface area contributed by atoms with E-state index < -0.39 is 0 Å². The van der Waals surface area contributed by atoms with E-state index in [-0.39, 0.29) is 0 Å². The first-order valence-corrected chi connectivity index (χ1v) is 7.25. The molecule has 2 unspecified atom stereocenters. The zero-order valence-electron chi connectivity index (χ0n) is 11.5. The fraction of sp³-hybridized carbons (Fsp3) is 1.00. The van der Waals surface area contributed by atoms with Gasteiger partial charge in [-0.2, -0.15) is 0 Å². The fourth-order valence-electron chi connectivity index (χ4n) is 2.81. The van der Waals surface area contributed by atoms with Crippen molar-refractivity contribution >= 4 is 0 Å². The Hall–Kier alpha value is -0.0800. The standard InChI is InChI=1S/C14H30N2/c1-4-10-16(11-5-2)13(3)12-14-8-6-7-9-15-14/h13-15H,4-12H2,1-3H3. The van der Waals surface area contributed by atoms with E-state index in [0.717, 1.165) is 12.1 Å². The van der Waals surface area contributed by atoms with Crippen molar-refractivity contribution in [3.63, 3.8) is 0 Å². The maximum absolute atomic E-state index is 3.66. The van der Waals surface area contributed by atoms with Crippen molar-refractivity contribution in [3.05, 3.63) is 0 Å². The van der Waals surface area contributed by atoms with Crippen LogP contribution in [-0.4, -0.2) is 36.6 Å². The predicted molar refractivity (Wildman–Crippen MR) is 71.9 cm³/mol. The Kier molecular flexibility index (Phi) is 7.06. The van der Waals surface area contributed by atoms with Crippen LogP contribution in [0, 0.1) is 0 Å². The van der Waals surface area contributed by atoms with Crippen LogP contribution in [0.5, 0.6) is 0 Å². The second-order valence-electron chi connectivity index (χ2n) is 5.27. The molecule has 1 fully saturated rings. The van der Waals surface area contributed by atoms with Gasteiger partial charge in [0.2, 0.25) is 0 Å². The molecule has 0 spiro atoms. The van der Waals surface area contributed by atoms with Gasteiger partial charge in [0.25, 0.3) is 0 Å². The molecule has 0 bridgehead atoms. The normalized spacial score (nSPS) is 23.6. The van der Waals surface area contributed by atoms with E-state index in [4.69, 9.17) is 0 Å². The Labute approximate surface area is 102 Å². The highest BCUT2D eigenvalue weighted by atomic mass is 15.1. The van der Waals surface area contributed by atoms with Crippen molar-refractivity contribution < 1.29 is 0 Å². The smallest absolute Gasteiger partial charge is 0.00818 e. The summed E-state index contributed by atoms with van der Waals surface area (Å²) in [4.78, 5) is 2.66. The molecule has 1 N–H and O–H groups in total. The molecule has 0 aromatic rings. The van der Waals surface area contributed by atoms with Crippen molar-refractivity contribution in [3.8, 4) is 0 Å². The highest BCUT2D eigenvalue weighted by Crippen LogP contribution is 2.15. The van der Waals surface area contributed by atoms with E-state index in [9.17, 15) is 0 Å². The van der Waals surface area contributed by atoms with Gasteiger partial charge in [-0.3, -0.25) is 0 Å². The molecule has 2 heteroatoms. The van der Waals surface area contributed by atoms with Gasteiger partial charge in [0, 0.05) is 12.1 Å². The maximum atomic E-state index is 3.66. The second-order valence-corrected chi connectivity index (χ2v) is 5.27. The number of nitrogens with one attached hydrogen (secondary N) is 1. The summed E-state index contributed by atoms with van der Waals surface area (Å²) in [5.41, 5.74) is 0. The minimum absolute atomic E-state index is 0.746. The van der Waals surface area contributed by atoms with Gasteiger partial charge >= 0.3 is 0 Å². The van der Waals surface area contributed by atoms with Crippen molar-refractivity contribution in [1.29, 1.82) is 0 Å². The number of hydrogen-bond donors (Lipinski definition) is 1. The van der Waals surface area contributed by atoms with Gasteiger partial charge in [0.15, 0.2) is 0 Å². The number of hydrogen-bond acceptors (Lipinski definition) is 2. The summed E-state index contributed by atoms with van der Waals surface area (Å²) in [6.07, 6.45) is 8.08. The maximum Gasteiger partial charge on any atom is 0.00818 e. The molecular weight excluding hydrogens is 196 g/mol. The molecule has 1 heterocycles. The molecule has 0 amide bonds. The number of rotatable bonds is 7. The van der Waals surface area contributed by atoms with Crippen molar-refractivity contribution in [2.45, 2.75) is 71.4 Å². The van der Waals surface area contributed by atoms with Gasteiger partial charge in [-0.15, -0.1) is 0 Å². The van der Waals surface area contributed by atoms with E-state index in [2.05, 4.69) is 31.0 Å². The quantitative estimate of drug-likeness (QED) is 0.718. The third kappa shape index (κ3) is 4.84. The zero-order valence-corrected chi connectivity index (χ0v) is 11.5. The highest BCUT2D eigenvalue weighted by Gasteiger charge is 2.19. The first-order chi connectivity index (χ1) is 7.77. The lowest BCUT2D eigenvalue weighted by molar-refractivity contribution is 0.179. The lowest BCUT2D eigenvalue weighted by Gasteiger charge is -2.33. The molecule has 1 saturated heterocycles. The van der Waals surface area contributed by atoms with Gasteiger partial charge in [-0.25, -0.2) is 0 Å². The average molecular weight is 226 g/mol. The van der Waals surface area contributed by atoms with Crippen LogP contribution in [-0.2, 0) is 0 Å². The van der Waals surface area contributed by atoms with E-state index in [1.807, 2.05) is 0 Å².